The van der Waals surface area contributed by atoms with Crippen LogP contribution in [0.5, 0.6) is 0 Å². The number of alkyl halides is 1. The van der Waals surface area contributed by atoms with Crippen molar-refractivity contribution in [3.05, 3.63) is 0 Å². The number of carbonyl (C=O) groups excluding carboxylic acids is 1. The molecule has 2 aliphatic rings. The van der Waals surface area contributed by atoms with Gasteiger partial charge in [-0.1, -0.05) is 27.7 Å². The number of ketones is 1. The average Bonchev–Trinajstić information content (AvgIpc) is 2.60. The number of hydrogen-bond acceptors (Lipinski definition) is 3. The maximum Gasteiger partial charge on any atom is 0.144 e. The summed E-state index contributed by atoms with van der Waals surface area (Å²) in [6.45, 7) is 8.40. The van der Waals surface area contributed by atoms with Gasteiger partial charge in [0.1, 0.15) is 5.78 Å². The maximum atomic E-state index is 12.3. The van der Waals surface area contributed by atoms with Crippen molar-refractivity contribution in [2.75, 3.05) is 5.88 Å². The van der Waals surface area contributed by atoms with Crippen LogP contribution in [0.1, 0.15) is 40.5 Å². The Labute approximate surface area is 108 Å². The van der Waals surface area contributed by atoms with Gasteiger partial charge in [-0.3, -0.25) is 4.79 Å². The Morgan fingerprint density at radius 1 is 1.53 bits per heavy atom. The summed E-state index contributed by atoms with van der Waals surface area (Å²) >= 11 is 5.99. The van der Waals surface area contributed by atoms with Crippen LogP contribution < -0.4 is 5.43 Å². The number of hydrogen-bond donors (Lipinski definition) is 1. The van der Waals surface area contributed by atoms with Crippen LogP contribution in [0.2, 0.25) is 0 Å². The Morgan fingerprint density at radius 2 is 2.18 bits per heavy atom. The minimum Gasteiger partial charge on any atom is -0.306 e. The monoisotopic (exact) mass is 256 g/mol. The molecule has 1 fully saturated rings. The molecule has 2 atom stereocenters. The van der Waals surface area contributed by atoms with Crippen molar-refractivity contribution in [3.8, 4) is 0 Å². The molecule has 96 valence electrons. The second-order valence-electron chi connectivity index (χ2n) is 6.74. The van der Waals surface area contributed by atoms with Gasteiger partial charge in [-0.15, -0.1) is 11.6 Å². The highest BCUT2D eigenvalue weighted by atomic mass is 35.5. The van der Waals surface area contributed by atoms with Crippen molar-refractivity contribution >= 4 is 23.1 Å². The third-order valence-electron chi connectivity index (χ3n) is 3.85. The third kappa shape index (κ3) is 2.22. The van der Waals surface area contributed by atoms with E-state index in [1.165, 1.54) is 0 Å². The summed E-state index contributed by atoms with van der Waals surface area (Å²) in [5.41, 5.74) is 3.97. The second kappa shape index (κ2) is 3.98. The molecule has 0 aromatic carbocycles. The lowest BCUT2D eigenvalue weighted by atomic mass is 9.66. The van der Waals surface area contributed by atoms with E-state index in [0.29, 0.717) is 18.1 Å². The van der Waals surface area contributed by atoms with Crippen molar-refractivity contribution in [3.63, 3.8) is 0 Å². The predicted molar refractivity (Wildman–Crippen MR) is 70.4 cm³/mol. The molecule has 2 rings (SSSR count). The van der Waals surface area contributed by atoms with E-state index in [4.69, 9.17) is 11.6 Å². The number of Topliss-reactive ketones (excluding diaryl/α,β-unsaturated/α-hetero) is 1. The van der Waals surface area contributed by atoms with Crippen LogP contribution in [0.4, 0.5) is 0 Å². The first-order valence-corrected chi connectivity index (χ1v) is 6.72. The average molecular weight is 257 g/mol. The van der Waals surface area contributed by atoms with Gasteiger partial charge in [-0.25, -0.2) is 0 Å². The normalized spacial score (nSPS) is 31.8. The fraction of sp³-hybridized carbons (Fsp3) is 0.846. The summed E-state index contributed by atoms with van der Waals surface area (Å²) in [5.74, 6) is 0.748. The van der Waals surface area contributed by atoms with Crippen LogP contribution in [-0.4, -0.2) is 23.4 Å². The molecule has 1 aliphatic heterocycles. The molecule has 4 heteroatoms. The third-order valence-corrected chi connectivity index (χ3v) is 4.52. The molecule has 1 N–H and O–H groups in total. The molecule has 0 aromatic heterocycles. The fourth-order valence-corrected chi connectivity index (χ4v) is 3.05. The summed E-state index contributed by atoms with van der Waals surface area (Å²) < 4.78 is 0. The number of rotatable bonds is 2. The van der Waals surface area contributed by atoms with Crippen LogP contribution in [0.3, 0.4) is 0 Å². The van der Waals surface area contributed by atoms with E-state index in [1.54, 1.807) is 0 Å². The van der Waals surface area contributed by atoms with Gasteiger partial charge in [0.2, 0.25) is 0 Å². The van der Waals surface area contributed by atoms with Gasteiger partial charge in [0.25, 0.3) is 0 Å². The molecular weight excluding hydrogens is 236 g/mol. The van der Waals surface area contributed by atoms with Crippen molar-refractivity contribution in [1.82, 2.24) is 5.43 Å². The molecule has 0 radical (unpaired) electrons. The molecule has 0 spiro atoms. The largest absolute Gasteiger partial charge is 0.306 e. The topological polar surface area (TPSA) is 41.5 Å². The lowest BCUT2D eigenvalue weighted by molar-refractivity contribution is -0.126. The molecule has 0 saturated heterocycles. The first-order chi connectivity index (χ1) is 7.77. The zero-order valence-electron chi connectivity index (χ0n) is 11.0. The molecule has 1 heterocycles. The first-order valence-electron chi connectivity index (χ1n) is 6.19. The zero-order valence-corrected chi connectivity index (χ0v) is 11.8. The van der Waals surface area contributed by atoms with E-state index in [-0.39, 0.29) is 22.8 Å². The molecule has 17 heavy (non-hydrogen) atoms. The summed E-state index contributed by atoms with van der Waals surface area (Å²) in [5, 5.41) is 4.40. The van der Waals surface area contributed by atoms with Crippen LogP contribution in [0.25, 0.3) is 0 Å². The number of carbonyl (C=O) groups is 1. The smallest absolute Gasteiger partial charge is 0.144 e. The number of fused-ring (bicyclic) bond motifs is 1. The van der Waals surface area contributed by atoms with E-state index >= 15 is 0 Å². The number of nitrogens with zero attached hydrogens (tertiary/aromatic N) is 1. The van der Waals surface area contributed by atoms with Crippen LogP contribution in [0, 0.1) is 16.7 Å². The first kappa shape index (κ1) is 12.9. The van der Waals surface area contributed by atoms with Gasteiger partial charge in [-0.2, -0.15) is 5.10 Å². The minimum atomic E-state index is -0.203. The van der Waals surface area contributed by atoms with Gasteiger partial charge >= 0.3 is 0 Å². The fourth-order valence-electron chi connectivity index (χ4n) is 2.92. The number of hydrazone groups is 1. The van der Waals surface area contributed by atoms with Gasteiger partial charge in [-0.05, 0) is 11.8 Å². The van der Waals surface area contributed by atoms with Gasteiger partial charge in [0, 0.05) is 17.7 Å². The molecule has 0 bridgehead atoms. The van der Waals surface area contributed by atoms with Crippen molar-refractivity contribution < 1.29 is 4.79 Å². The lowest BCUT2D eigenvalue weighted by Gasteiger charge is -2.38. The summed E-state index contributed by atoms with van der Waals surface area (Å²) in [7, 11) is 0. The summed E-state index contributed by atoms with van der Waals surface area (Å²) in [6, 6.07) is 0.170. The maximum absolute atomic E-state index is 12.3. The highest BCUT2D eigenvalue weighted by molar-refractivity contribution is 6.21. The Morgan fingerprint density at radius 3 is 2.76 bits per heavy atom. The van der Waals surface area contributed by atoms with Crippen molar-refractivity contribution in [2.24, 2.45) is 21.8 Å². The van der Waals surface area contributed by atoms with Crippen molar-refractivity contribution in [1.29, 1.82) is 0 Å². The van der Waals surface area contributed by atoms with E-state index in [9.17, 15) is 4.79 Å². The second-order valence-corrected chi connectivity index (χ2v) is 7.01. The SMILES string of the molecule is CC1(C)CC(=O)[C@H]2C(C(C)(C)CCl)=NN[C@H]2C1. The standard InChI is InChI=1S/C13H21ClN2O/c1-12(2)5-8-10(9(17)6-12)11(16-15-8)13(3,4)7-14/h8,10,15H,5-7H2,1-4H3/t8-,10-/m0/s1. The highest BCUT2D eigenvalue weighted by Crippen LogP contribution is 2.41. The molecule has 0 unspecified atom stereocenters. The van der Waals surface area contributed by atoms with Gasteiger partial charge < -0.3 is 5.43 Å². The lowest BCUT2D eigenvalue weighted by Crippen LogP contribution is -2.48. The van der Waals surface area contributed by atoms with E-state index in [0.717, 1.165) is 12.1 Å². The Kier molecular flexibility index (Phi) is 3.01. The van der Waals surface area contributed by atoms with Gasteiger partial charge in [0.15, 0.2) is 0 Å². The van der Waals surface area contributed by atoms with Crippen LogP contribution in [0.15, 0.2) is 5.10 Å². The molecule has 1 aliphatic carbocycles. The zero-order chi connectivity index (χ0) is 12.8. The predicted octanol–water partition coefficient (Wildman–Crippen LogP) is 2.58. The number of nitrogens with one attached hydrogen (secondary N) is 1. The van der Waals surface area contributed by atoms with E-state index in [1.807, 2.05) is 0 Å². The van der Waals surface area contributed by atoms with Crippen LogP contribution >= 0.6 is 11.6 Å². The molecule has 1 saturated carbocycles. The molecular formula is C13H21ClN2O. The summed E-state index contributed by atoms with van der Waals surface area (Å²) in [4.78, 5) is 12.3. The van der Waals surface area contributed by atoms with Crippen LogP contribution in [-0.2, 0) is 4.79 Å². The Hall–Kier alpha value is -0.570. The summed E-state index contributed by atoms with van der Waals surface area (Å²) in [6.07, 6.45) is 1.64. The van der Waals surface area contributed by atoms with Gasteiger partial charge in [0.05, 0.1) is 17.7 Å². The van der Waals surface area contributed by atoms with Crippen molar-refractivity contribution in [2.45, 2.75) is 46.6 Å². The molecule has 3 nitrogen and oxygen atoms in total. The Bertz CT molecular complexity index is 374. The van der Waals surface area contributed by atoms with E-state index in [2.05, 4.69) is 38.2 Å². The highest BCUT2D eigenvalue weighted by Gasteiger charge is 2.49. The Balaban J connectivity index is 2.25. The quantitative estimate of drug-likeness (QED) is 0.772. The molecule has 0 amide bonds. The number of halogens is 1. The van der Waals surface area contributed by atoms with E-state index < -0.39 is 0 Å². The minimum absolute atomic E-state index is 0.0585. The molecule has 0 aromatic rings.